The molecule has 0 aromatic heterocycles. The van der Waals surface area contributed by atoms with Crippen LogP contribution >= 0.6 is 23.2 Å². The zero-order valence-corrected chi connectivity index (χ0v) is 11.4. The summed E-state index contributed by atoms with van der Waals surface area (Å²) in [5, 5.41) is 3.41. The van der Waals surface area contributed by atoms with Crippen LogP contribution in [0.4, 0.5) is 0 Å². The molecule has 1 heterocycles. The minimum Gasteiger partial charge on any atom is -0.295 e. The quantitative estimate of drug-likeness (QED) is 0.806. The van der Waals surface area contributed by atoms with E-state index in [0.717, 1.165) is 5.56 Å². The Hall–Kier alpha value is -1.06. The molecule has 1 N–H and O–H groups in total. The fourth-order valence-electron chi connectivity index (χ4n) is 3.30. The third-order valence-corrected chi connectivity index (χ3v) is 4.98. The molecule has 5 heteroatoms. The molecular formula is C13H11Cl2NO2. The van der Waals surface area contributed by atoms with Gasteiger partial charge >= 0.3 is 0 Å². The number of carbonyl (C=O) groups excluding carboxylic acids is 2. The summed E-state index contributed by atoms with van der Waals surface area (Å²) < 4.78 is 0. The van der Waals surface area contributed by atoms with Gasteiger partial charge in [0.05, 0.1) is 10.8 Å². The molecule has 94 valence electrons. The fourth-order valence-corrected chi connectivity index (χ4v) is 3.85. The predicted molar refractivity (Wildman–Crippen MR) is 68.6 cm³/mol. The van der Waals surface area contributed by atoms with Gasteiger partial charge in [0, 0.05) is 16.0 Å². The van der Waals surface area contributed by atoms with Crippen molar-refractivity contribution < 1.29 is 9.59 Å². The molecule has 2 fully saturated rings. The molecule has 3 rings (SSSR count). The third-order valence-electron chi connectivity index (χ3n) is 4.54. The van der Waals surface area contributed by atoms with E-state index >= 15 is 0 Å². The SMILES string of the molecule is CC12C(=O)NC(=O)C1(C)C2c1cc(Cl)cc(Cl)c1. The average molecular weight is 284 g/mol. The first-order chi connectivity index (χ1) is 8.31. The van der Waals surface area contributed by atoms with Crippen molar-refractivity contribution >= 4 is 35.0 Å². The lowest BCUT2D eigenvalue weighted by Crippen LogP contribution is -2.31. The van der Waals surface area contributed by atoms with E-state index in [1.54, 1.807) is 18.2 Å². The second kappa shape index (κ2) is 3.28. The summed E-state index contributed by atoms with van der Waals surface area (Å²) in [6.07, 6.45) is 0. The monoisotopic (exact) mass is 283 g/mol. The van der Waals surface area contributed by atoms with Gasteiger partial charge in [0.1, 0.15) is 0 Å². The lowest BCUT2D eigenvalue weighted by molar-refractivity contribution is -0.129. The van der Waals surface area contributed by atoms with E-state index in [4.69, 9.17) is 23.2 Å². The van der Waals surface area contributed by atoms with Crippen LogP contribution < -0.4 is 5.32 Å². The molecule has 3 nitrogen and oxygen atoms in total. The van der Waals surface area contributed by atoms with Crippen molar-refractivity contribution in [3.05, 3.63) is 33.8 Å². The largest absolute Gasteiger partial charge is 0.295 e. The molecule has 1 saturated heterocycles. The van der Waals surface area contributed by atoms with Crippen molar-refractivity contribution in [2.45, 2.75) is 19.8 Å². The Morgan fingerprint density at radius 1 is 1.00 bits per heavy atom. The molecule has 1 aromatic carbocycles. The maximum absolute atomic E-state index is 11.9. The highest BCUT2D eigenvalue weighted by Gasteiger charge is 2.83. The van der Waals surface area contributed by atoms with E-state index in [-0.39, 0.29) is 17.7 Å². The number of hydrogen-bond acceptors (Lipinski definition) is 2. The molecule has 0 radical (unpaired) electrons. The normalized spacial score (nSPS) is 37.4. The van der Waals surface area contributed by atoms with Gasteiger partial charge in [-0.2, -0.15) is 0 Å². The second-order valence-electron chi connectivity index (χ2n) is 5.32. The summed E-state index contributed by atoms with van der Waals surface area (Å²) in [6, 6.07) is 5.18. The number of imide groups is 1. The molecule has 2 unspecified atom stereocenters. The Morgan fingerprint density at radius 3 is 1.89 bits per heavy atom. The van der Waals surface area contributed by atoms with Crippen molar-refractivity contribution in [2.24, 2.45) is 10.8 Å². The lowest BCUT2D eigenvalue weighted by atomic mass is 10.00. The van der Waals surface area contributed by atoms with Crippen LogP contribution in [0.15, 0.2) is 18.2 Å². The summed E-state index contributed by atoms with van der Waals surface area (Å²) >= 11 is 11.9. The Morgan fingerprint density at radius 2 is 1.44 bits per heavy atom. The molecule has 0 spiro atoms. The van der Waals surface area contributed by atoms with Crippen LogP contribution in [0.5, 0.6) is 0 Å². The number of hydrogen-bond donors (Lipinski definition) is 1. The van der Waals surface area contributed by atoms with Crippen molar-refractivity contribution in [3.63, 3.8) is 0 Å². The van der Waals surface area contributed by atoms with Gasteiger partial charge in [-0.1, -0.05) is 23.2 Å². The molecule has 1 aliphatic heterocycles. The first-order valence-corrected chi connectivity index (χ1v) is 6.39. The fraction of sp³-hybridized carbons (Fsp3) is 0.385. The van der Waals surface area contributed by atoms with Crippen LogP contribution in [0, 0.1) is 10.8 Å². The first-order valence-electron chi connectivity index (χ1n) is 5.63. The summed E-state index contributed by atoms with van der Waals surface area (Å²) in [7, 11) is 0. The van der Waals surface area contributed by atoms with Crippen LogP contribution in [-0.2, 0) is 9.59 Å². The topological polar surface area (TPSA) is 46.2 Å². The number of halogens is 2. The number of rotatable bonds is 1. The van der Waals surface area contributed by atoms with Gasteiger partial charge in [0.15, 0.2) is 0 Å². The standard InChI is InChI=1S/C13H11Cl2NO2/c1-12-9(6-3-7(14)5-8(15)4-6)13(12,2)11(18)16-10(12)17/h3-5,9H,1-2H3,(H,16,17,18). The smallest absolute Gasteiger partial charge is 0.234 e. The molecular weight excluding hydrogens is 273 g/mol. The van der Waals surface area contributed by atoms with Crippen LogP contribution in [0.3, 0.4) is 0 Å². The second-order valence-corrected chi connectivity index (χ2v) is 6.20. The summed E-state index contributed by atoms with van der Waals surface area (Å²) in [6.45, 7) is 3.62. The lowest BCUT2D eigenvalue weighted by Gasteiger charge is -2.10. The minimum atomic E-state index is -0.682. The highest BCUT2D eigenvalue weighted by atomic mass is 35.5. The molecule has 2 atom stereocenters. The molecule has 18 heavy (non-hydrogen) atoms. The Labute approximate surface area is 114 Å². The zero-order valence-electron chi connectivity index (χ0n) is 9.88. The number of benzene rings is 1. The Balaban J connectivity index is 2.11. The summed E-state index contributed by atoms with van der Waals surface area (Å²) in [5.41, 5.74) is -0.517. The molecule has 2 aliphatic rings. The van der Waals surface area contributed by atoms with Crippen molar-refractivity contribution in [2.75, 3.05) is 0 Å². The average Bonchev–Trinajstić information content (AvgIpc) is 2.71. The number of nitrogens with one attached hydrogen (secondary N) is 1. The van der Waals surface area contributed by atoms with Gasteiger partial charge in [0.2, 0.25) is 11.8 Å². The van der Waals surface area contributed by atoms with Crippen LogP contribution in [0.25, 0.3) is 0 Å². The highest BCUT2D eigenvalue weighted by molar-refractivity contribution is 6.34. The predicted octanol–water partition coefficient (Wildman–Crippen LogP) is 2.76. The van der Waals surface area contributed by atoms with E-state index in [1.807, 2.05) is 13.8 Å². The van der Waals surface area contributed by atoms with E-state index in [2.05, 4.69) is 5.32 Å². The maximum Gasteiger partial charge on any atom is 0.234 e. The first kappa shape index (κ1) is 12.0. The van der Waals surface area contributed by atoms with Gasteiger partial charge in [-0.05, 0) is 37.6 Å². The minimum absolute atomic E-state index is 0.151. The van der Waals surface area contributed by atoms with E-state index in [9.17, 15) is 9.59 Å². The third kappa shape index (κ3) is 1.16. The number of piperidine rings is 1. The molecule has 2 amide bonds. The van der Waals surface area contributed by atoms with Gasteiger partial charge < -0.3 is 0 Å². The molecule has 1 aromatic rings. The van der Waals surface area contributed by atoms with Crippen LogP contribution in [-0.4, -0.2) is 11.8 Å². The molecule has 1 saturated carbocycles. The number of fused-ring (bicyclic) bond motifs is 1. The number of amides is 2. The van der Waals surface area contributed by atoms with Crippen LogP contribution in [0.1, 0.15) is 25.3 Å². The highest BCUT2D eigenvalue weighted by Crippen LogP contribution is 2.76. The summed E-state index contributed by atoms with van der Waals surface area (Å²) in [4.78, 5) is 23.8. The number of carbonyl (C=O) groups is 2. The zero-order chi connectivity index (χ0) is 13.3. The Bertz CT molecular complexity index is 554. The van der Waals surface area contributed by atoms with Crippen molar-refractivity contribution in [1.29, 1.82) is 0 Å². The van der Waals surface area contributed by atoms with E-state index in [1.165, 1.54) is 0 Å². The van der Waals surface area contributed by atoms with Gasteiger partial charge in [-0.25, -0.2) is 0 Å². The molecule has 1 aliphatic carbocycles. The van der Waals surface area contributed by atoms with Crippen molar-refractivity contribution in [1.82, 2.24) is 5.32 Å². The van der Waals surface area contributed by atoms with Gasteiger partial charge in [0.25, 0.3) is 0 Å². The van der Waals surface area contributed by atoms with E-state index < -0.39 is 10.8 Å². The van der Waals surface area contributed by atoms with Crippen LogP contribution in [0.2, 0.25) is 10.0 Å². The van der Waals surface area contributed by atoms with Crippen molar-refractivity contribution in [3.8, 4) is 0 Å². The summed E-state index contributed by atoms with van der Waals surface area (Å²) in [5.74, 6) is -0.574. The maximum atomic E-state index is 11.9. The van der Waals surface area contributed by atoms with Gasteiger partial charge in [-0.15, -0.1) is 0 Å². The Kier molecular flexibility index (Phi) is 2.19. The van der Waals surface area contributed by atoms with E-state index in [0.29, 0.717) is 10.0 Å². The molecule has 0 bridgehead atoms. The van der Waals surface area contributed by atoms with Gasteiger partial charge in [-0.3, -0.25) is 14.9 Å².